The minimum absolute atomic E-state index is 0.0157. The SMILES string of the molecule is CC(C)(C)OC(=O)N1CO[C@@](O[Si](C)(C)C)(C(F)(F)F)[C@H]1CSCc1ccccc1. The van der Waals surface area contributed by atoms with Crippen LogP contribution in [0.1, 0.15) is 26.3 Å². The average molecular weight is 466 g/mol. The molecule has 1 heterocycles. The first-order chi connectivity index (χ1) is 13.6. The molecule has 30 heavy (non-hydrogen) atoms. The van der Waals surface area contributed by atoms with E-state index in [4.69, 9.17) is 13.9 Å². The fourth-order valence-electron chi connectivity index (χ4n) is 3.00. The summed E-state index contributed by atoms with van der Waals surface area (Å²) >= 11 is 1.29. The monoisotopic (exact) mass is 465 g/mol. The standard InChI is InChI=1S/C20H30F3NO4SSi/c1-18(2,3)27-17(25)24-14-26-19(20(21,22)23,28-30(4,5)6)16(24)13-29-12-15-10-8-7-9-11-15/h7-11,16H,12-14H2,1-6H3/t16-,19+/m1/s1. The summed E-state index contributed by atoms with van der Waals surface area (Å²) in [6.07, 6.45) is -5.67. The molecule has 1 aromatic carbocycles. The van der Waals surface area contributed by atoms with Gasteiger partial charge in [-0.1, -0.05) is 30.3 Å². The molecule has 10 heteroatoms. The van der Waals surface area contributed by atoms with E-state index in [0.717, 1.165) is 10.5 Å². The molecule has 0 spiro atoms. The second kappa shape index (κ2) is 9.10. The van der Waals surface area contributed by atoms with Gasteiger partial charge >= 0.3 is 12.3 Å². The molecule has 0 radical (unpaired) electrons. The Morgan fingerprint density at radius 3 is 2.33 bits per heavy atom. The van der Waals surface area contributed by atoms with Gasteiger partial charge in [-0.05, 0) is 46.0 Å². The Hall–Kier alpha value is -1.23. The fraction of sp³-hybridized carbons (Fsp3) is 0.650. The Balaban J connectivity index is 2.32. The summed E-state index contributed by atoms with van der Waals surface area (Å²) in [6.45, 7) is 9.43. The van der Waals surface area contributed by atoms with E-state index in [-0.39, 0.29) is 5.75 Å². The molecular weight excluding hydrogens is 435 g/mol. The van der Waals surface area contributed by atoms with Crippen molar-refractivity contribution in [2.24, 2.45) is 0 Å². The third kappa shape index (κ3) is 6.38. The van der Waals surface area contributed by atoms with Gasteiger partial charge in [0.1, 0.15) is 18.4 Å². The third-order valence-electron chi connectivity index (χ3n) is 4.10. The number of thioether (sulfide) groups is 1. The van der Waals surface area contributed by atoms with Gasteiger partial charge in [0.15, 0.2) is 8.32 Å². The Bertz CT molecular complexity index is 721. The number of benzene rings is 1. The molecule has 1 amide bonds. The van der Waals surface area contributed by atoms with Crippen molar-refractivity contribution >= 4 is 26.2 Å². The predicted molar refractivity (Wildman–Crippen MR) is 114 cm³/mol. The minimum atomic E-state index is -4.82. The van der Waals surface area contributed by atoms with Crippen LogP contribution in [0, 0.1) is 0 Å². The lowest BCUT2D eigenvalue weighted by Gasteiger charge is -2.40. The molecule has 1 fully saturated rings. The Kier molecular flexibility index (Phi) is 7.59. The Morgan fingerprint density at radius 1 is 1.23 bits per heavy atom. The molecule has 5 nitrogen and oxygen atoms in total. The lowest BCUT2D eigenvalue weighted by Crippen LogP contribution is -2.62. The number of nitrogens with zero attached hydrogens (tertiary/aromatic N) is 1. The van der Waals surface area contributed by atoms with E-state index in [1.54, 1.807) is 40.4 Å². The van der Waals surface area contributed by atoms with Crippen LogP contribution in [-0.4, -0.2) is 55.4 Å². The molecule has 1 aromatic rings. The van der Waals surface area contributed by atoms with Crippen molar-refractivity contribution in [3.05, 3.63) is 35.9 Å². The number of hydrogen-bond donors (Lipinski definition) is 0. The molecule has 0 bridgehead atoms. The van der Waals surface area contributed by atoms with E-state index in [0.29, 0.717) is 5.75 Å². The second-order valence-corrected chi connectivity index (χ2v) is 14.6. The van der Waals surface area contributed by atoms with E-state index in [9.17, 15) is 18.0 Å². The summed E-state index contributed by atoms with van der Waals surface area (Å²) in [5, 5.41) is 0. The molecule has 2 rings (SSSR count). The smallest absolute Gasteiger partial charge is 0.444 e. The largest absolute Gasteiger partial charge is 0.444 e. The molecule has 0 saturated carbocycles. The number of alkyl halides is 3. The first kappa shape index (κ1) is 25.0. The van der Waals surface area contributed by atoms with Gasteiger partial charge in [0.05, 0.1) is 0 Å². The summed E-state index contributed by atoms with van der Waals surface area (Å²) < 4.78 is 59.1. The van der Waals surface area contributed by atoms with Gasteiger partial charge in [0, 0.05) is 11.5 Å². The first-order valence-corrected chi connectivity index (χ1v) is 14.2. The highest BCUT2D eigenvalue weighted by Crippen LogP contribution is 2.46. The molecule has 170 valence electrons. The van der Waals surface area contributed by atoms with Crippen LogP contribution >= 0.6 is 11.8 Å². The summed E-state index contributed by atoms with van der Waals surface area (Å²) in [5.74, 6) is -2.39. The van der Waals surface area contributed by atoms with Crippen LogP contribution in [0.3, 0.4) is 0 Å². The number of ether oxygens (including phenoxy) is 2. The third-order valence-corrected chi connectivity index (χ3v) is 6.11. The van der Waals surface area contributed by atoms with Crippen molar-refractivity contribution in [2.75, 3.05) is 12.5 Å². The van der Waals surface area contributed by atoms with E-state index >= 15 is 0 Å². The van der Waals surface area contributed by atoms with Crippen LogP contribution in [0.25, 0.3) is 0 Å². The molecule has 1 aliphatic heterocycles. The quantitative estimate of drug-likeness (QED) is 0.510. The van der Waals surface area contributed by atoms with Gasteiger partial charge in [0.2, 0.25) is 0 Å². The molecule has 1 saturated heterocycles. The maximum absolute atomic E-state index is 14.3. The topological polar surface area (TPSA) is 48.0 Å². The van der Waals surface area contributed by atoms with Crippen molar-refractivity contribution in [1.82, 2.24) is 4.90 Å². The van der Waals surface area contributed by atoms with Crippen LogP contribution in [-0.2, 0) is 19.7 Å². The Labute approximate surface area is 181 Å². The number of hydrogen-bond acceptors (Lipinski definition) is 5. The zero-order valence-electron chi connectivity index (χ0n) is 18.2. The Morgan fingerprint density at radius 2 is 1.83 bits per heavy atom. The predicted octanol–water partition coefficient (Wildman–Crippen LogP) is 5.62. The van der Waals surface area contributed by atoms with Gasteiger partial charge in [-0.15, -0.1) is 0 Å². The number of carbonyl (C=O) groups is 1. The summed E-state index contributed by atoms with van der Waals surface area (Å²) in [7, 11) is -2.69. The highest BCUT2D eigenvalue weighted by Gasteiger charge is 2.69. The zero-order valence-corrected chi connectivity index (χ0v) is 20.0. The van der Waals surface area contributed by atoms with Crippen molar-refractivity contribution < 1.29 is 31.9 Å². The normalized spacial score (nSPS) is 23.0. The van der Waals surface area contributed by atoms with Crippen LogP contribution in [0.15, 0.2) is 30.3 Å². The maximum atomic E-state index is 14.3. The zero-order chi connectivity index (χ0) is 22.8. The van der Waals surface area contributed by atoms with Crippen LogP contribution in [0.4, 0.5) is 18.0 Å². The van der Waals surface area contributed by atoms with Gasteiger partial charge in [-0.2, -0.15) is 24.9 Å². The van der Waals surface area contributed by atoms with Gasteiger partial charge < -0.3 is 13.9 Å². The minimum Gasteiger partial charge on any atom is -0.444 e. The number of rotatable bonds is 6. The molecular formula is C20H30F3NO4SSi. The molecule has 0 N–H and O–H groups in total. The molecule has 2 atom stereocenters. The van der Waals surface area contributed by atoms with Crippen molar-refractivity contribution in [2.45, 2.75) is 69.8 Å². The first-order valence-electron chi connectivity index (χ1n) is 9.67. The molecule has 1 aliphatic rings. The number of carbonyl (C=O) groups excluding carboxylic acids is 1. The van der Waals surface area contributed by atoms with E-state index in [1.807, 2.05) is 30.3 Å². The molecule has 0 aliphatic carbocycles. The summed E-state index contributed by atoms with van der Waals surface area (Å²) in [5.41, 5.74) is 0.135. The molecule has 0 aromatic heterocycles. The van der Waals surface area contributed by atoms with Gasteiger partial charge in [0.25, 0.3) is 5.79 Å². The van der Waals surface area contributed by atoms with E-state index < -0.39 is 44.7 Å². The van der Waals surface area contributed by atoms with Crippen molar-refractivity contribution in [3.8, 4) is 0 Å². The highest BCUT2D eigenvalue weighted by molar-refractivity contribution is 7.98. The van der Waals surface area contributed by atoms with Crippen LogP contribution in [0.5, 0.6) is 0 Å². The van der Waals surface area contributed by atoms with E-state index in [2.05, 4.69) is 0 Å². The van der Waals surface area contributed by atoms with Crippen molar-refractivity contribution in [3.63, 3.8) is 0 Å². The lowest BCUT2D eigenvalue weighted by molar-refractivity contribution is -0.343. The van der Waals surface area contributed by atoms with Gasteiger partial charge in [-0.3, -0.25) is 4.90 Å². The van der Waals surface area contributed by atoms with Crippen LogP contribution < -0.4 is 0 Å². The van der Waals surface area contributed by atoms with Crippen LogP contribution in [0.2, 0.25) is 19.6 Å². The number of amides is 1. The lowest BCUT2D eigenvalue weighted by atomic mass is 10.1. The summed E-state index contributed by atoms with van der Waals surface area (Å²) in [4.78, 5) is 13.7. The van der Waals surface area contributed by atoms with Crippen molar-refractivity contribution in [1.29, 1.82) is 0 Å². The van der Waals surface area contributed by atoms with Gasteiger partial charge in [-0.25, -0.2) is 4.79 Å². The second-order valence-electron chi connectivity index (χ2n) is 9.12. The number of halogens is 3. The average Bonchev–Trinajstić information content (AvgIpc) is 2.92. The van der Waals surface area contributed by atoms with E-state index in [1.165, 1.54) is 11.8 Å². The highest BCUT2D eigenvalue weighted by atomic mass is 32.2. The maximum Gasteiger partial charge on any atom is 0.444 e. The molecule has 0 unspecified atom stereocenters. The fourth-order valence-corrected chi connectivity index (χ4v) is 5.39. The summed E-state index contributed by atoms with van der Waals surface area (Å²) in [6, 6.07) is 8.05.